The second kappa shape index (κ2) is 2.05. The van der Waals surface area contributed by atoms with Crippen LogP contribution in [-0.4, -0.2) is 11.2 Å². The largest absolute Gasteiger partial charge is 0.391 e. The zero-order valence-corrected chi connectivity index (χ0v) is 6.27. The lowest BCUT2D eigenvalue weighted by Crippen LogP contribution is -2.21. The molecule has 1 aliphatic rings. The van der Waals surface area contributed by atoms with Crippen molar-refractivity contribution in [3.63, 3.8) is 0 Å². The lowest BCUT2D eigenvalue weighted by Gasteiger charge is -2.06. The Morgan fingerprint density at radius 2 is 2.50 bits per heavy atom. The molecule has 2 atom stereocenters. The Kier molecular flexibility index (Phi) is 1.30. The second-order valence-corrected chi connectivity index (χ2v) is 3.60. The van der Waals surface area contributed by atoms with Crippen molar-refractivity contribution < 1.29 is 5.11 Å². The lowest BCUT2D eigenvalue weighted by molar-refractivity contribution is 0.159. The third-order valence-corrected chi connectivity index (χ3v) is 2.91. The van der Waals surface area contributed by atoms with Crippen LogP contribution in [0.5, 0.6) is 0 Å². The summed E-state index contributed by atoms with van der Waals surface area (Å²) in [7, 11) is 0. The van der Waals surface area contributed by atoms with Crippen molar-refractivity contribution >= 4 is 11.3 Å². The van der Waals surface area contributed by atoms with Crippen molar-refractivity contribution in [3.05, 3.63) is 21.9 Å². The molecule has 3 N–H and O–H groups in total. The first-order valence-electron chi connectivity index (χ1n) is 3.29. The molecule has 0 aromatic carbocycles. The monoisotopic (exact) mass is 155 g/mol. The number of thiophene rings is 1. The van der Waals surface area contributed by atoms with Gasteiger partial charge in [-0.05, 0) is 17.0 Å². The fraction of sp³-hybridized carbons (Fsp3) is 0.429. The van der Waals surface area contributed by atoms with Crippen LogP contribution in [0.4, 0.5) is 0 Å². The number of nitrogens with two attached hydrogens (primary N) is 1. The zero-order chi connectivity index (χ0) is 7.14. The molecule has 0 radical (unpaired) electrons. The van der Waals surface area contributed by atoms with E-state index in [-0.39, 0.29) is 12.1 Å². The van der Waals surface area contributed by atoms with Crippen molar-refractivity contribution in [3.8, 4) is 0 Å². The predicted octanol–water partition coefficient (Wildman–Crippen LogP) is 0.665. The Hall–Kier alpha value is -0.380. The number of fused-ring (bicyclic) bond motifs is 1. The van der Waals surface area contributed by atoms with Crippen LogP contribution >= 0.6 is 11.3 Å². The van der Waals surface area contributed by atoms with Gasteiger partial charge in [-0.15, -0.1) is 11.3 Å². The van der Waals surface area contributed by atoms with Gasteiger partial charge in [-0.2, -0.15) is 0 Å². The molecule has 0 fully saturated rings. The Labute approximate surface area is 63.3 Å². The number of aliphatic hydroxyl groups excluding tert-OH is 1. The first-order valence-corrected chi connectivity index (χ1v) is 4.17. The van der Waals surface area contributed by atoms with Crippen molar-refractivity contribution in [1.29, 1.82) is 0 Å². The van der Waals surface area contributed by atoms with Gasteiger partial charge in [0.25, 0.3) is 0 Å². The van der Waals surface area contributed by atoms with Crippen LogP contribution in [0, 0.1) is 0 Å². The summed E-state index contributed by atoms with van der Waals surface area (Å²) in [5, 5.41) is 11.3. The summed E-state index contributed by atoms with van der Waals surface area (Å²) < 4.78 is 0. The first kappa shape index (κ1) is 6.34. The van der Waals surface area contributed by atoms with Gasteiger partial charge >= 0.3 is 0 Å². The molecule has 1 aromatic rings. The Morgan fingerprint density at radius 3 is 3.20 bits per heavy atom. The third-order valence-electron chi connectivity index (χ3n) is 1.95. The van der Waals surface area contributed by atoms with E-state index in [0.29, 0.717) is 0 Å². The number of hydrogen-bond donors (Lipinski definition) is 2. The Morgan fingerprint density at radius 1 is 1.70 bits per heavy atom. The molecule has 0 aliphatic heterocycles. The summed E-state index contributed by atoms with van der Waals surface area (Å²) in [5.41, 5.74) is 6.83. The highest BCUT2D eigenvalue weighted by Gasteiger charge is 2.28. The average molecular weight is 155 g/mol. The highest BCUT2D eigenvalue weighted by molar-refractivity contribution is 7.10. The minimum absolute atomic E-state index is 0.138. The van der Waals surface area contributed by atoms with Gasteiger partial charge in [-0.25, -0.2) is 0 Å². The minimum atomic E-state index is -0.345. The van der Waals surface area contributed by atoms with E-state index in [1.165, 1.54) is 4.88 Å². The molecule has 0 saturated carbocycles. The molecular formula is C7H9NOS. The minimum Gasteiger partial charge on any atom is -0.391 e. The molecule has 1 aliphatic carbocycles. The van der Waals surface area contributed by atoms with E-state index >= 15 is 0 Å². The fourth-order valence-corrected chi connectivity index (χ4v) is 2.32. The van der Waals surface area contributed by atoms with Crippen LogP contribution < -0.4 is 5.73 Å². The van der Waals surface area contributed by atoms with E-state index in [2.05, 4.69) is 0 Å². The van der Waals surface area contributed by atoms with Crippen LogP contribution in [0.25, 0.3) is 0 Å². The van der Waals surface area contributed by atoms with E-state index in [1.54, 1.807) is 11.3 Å². The maximum atomic E-state index is 9.29. The van der Waals surface area contributed by atoms with Crippen molar-refractivity contribution in [2.24, 2.45) is 5.73 Å². The predicted molar refractivity (Wildman–Crippen MR) is 41.0 cm³/mol. The topological polar surface area (TPSA) is 46.2 Å². The van der Waals surface area contributed by atoms with Crippen LogP contribution in [0.1, 0.15) is 16.5 Å². The Balaban J connectivity index is 2.43. The van der Waals surface area contributed by atoms with Crippen molar-refractivity contribution in [2.75, 3.05) is 0 Å². The summed E-state index contributed by atoms with van der Waals surface area (Å²) in [5.74, 6) is 0. The average Bonchev–Trinajstić information content (AvgIpc) is 2.41. The van der Waals surface area contributed by atoms with Gasteiger partial charge in [0.2, 0.25) is 0 Å². The highest BCUT2D eigenvalue weighted by Crippen LogP contribution is 2.33. The third kappa shape index (κ3) is 0.714. The highest BCUT2D eigenvalue weighted by atomic mass is 32.1. The molecule has 2 rings (SSSR count). The maximum Gasteiger partial charge on any atom is 0.0781 e. The summed E-state index contributed by atoms with van der Waals surface area (Å²) in [6.45, 7) is 0. The van der Waals surface area contributed by atoms with Crippen LogP contribution in [0.3, 0.4) is 0 Å². The van der Waals surface area contributed by atoms with E-state index in [4.69, 9.17) is 5.73 Å². The molecule has 2 unspecified atom stereocenters. The number of hydrogen-bond acceptors (Lipinski definition) is 3. The van der Waals surface area contributed by atoms with Gasteiger partial charge in [-0.3, -0.25) is 0 Å². The second-order valence-electron chi connectivity index (χ2n) is 2.60. The molecule has 10 heavy (non-hydrogen) atoms. The summed E-state index contributed by atoms with van der Waals surface area (Å²) in [6, 6.07) is 1.86. The van der Waals surface area contributed by atoms with Gasteiger partial charge in [0.15, 0.2) is 0 Å². The van der Waals surface area contributed by atoms with E-state index in [0.717, 1.165) is 12.0 Å². The standard InChI is InChI=1S/C7H9NOS/c8-7-4-1-2-10-6(4)3-5(7)9/h1-2,5,7,9H,3,8H2. The lowest BCUT2D eigenvalue weighted by atomic mass is 10.2. The molecule has 54 valence electrons. The van der Waals surface area contributed by atoms with Gasteiger partial charge < -0.3 is 10.8 Å². The van der Waals surface area contributed by atoms with Crippen molar-refractivity contribution in [2.45, 2.75) is 18.6 Å². The van der Waals surface area contributed by atoms with Crippen LogP contribution in [0.2, 0.25) is 0 Å². The summed E-state index contributed by atoms with van der Waals surface area (Å²) in [6.07, 6.45) is 0.399. The van der Waals surface area contributed by atoms with E-state index in [1.807, 2.05) is 11.4 Å². The molecule has 0 bridgehead atoms. The maximum absolute atomic E-state index is 9.29. The van der Waals surface area contributed by atoms with Gasteiger partial charge in [0.05, 0.1) is 12.1 Å². The fourth-order valence-electron chi connectivity index (χ4n) is 1.34. The molecule has 0 amide bonds. The number of aliphatic hydroxyl groups is 1. The van der Waals surface area contributed by atoms with Gasteiger partial charge in [0, 0.05) is 11.3 Å². The normalized spacial score (nSPS) is 30.6. The molecule has 1 aromatic heterocycles. The quantitative estimate of drug-likeness (QED) is 0.578. The zero-order valence-electron chi connectivity index (χ0n) is 5.45. The van der Waals surface area contributed by atoms with Gasteiger partial charge in [0.1, 0.15) is 0 Å². The molecule has 1 heterocycles. The van der Waals surface area contributed by atoms with Crippen LogP contribution in [-0.2, 0) is 6.42 Å². The molecule has 0 saturated heterocycles. The SMILES string of the molecule is NC1c2ccsc2CC1O. The van der Waals surface area contributed by atoms with Gasteiger partial charge in [-0.1, -0.05) is 0 Å². The van der Waals surface area contributed by atoms with Crippen molar-refractivity contribution in [1.82, 2.24) is 0 Å². The molecule has 0 spiro atoms. The smallest absolute Gasteiger partial charge is 0.0781 e. The van der Waals surface area contributed by atoms with E-state index in [9.17, 15) is 5.11 Å². The summed E-state index contributed by atoms with van der Waals surface area (Å²) >= 11 is 1.68. The number of rotatable bonds is 0. The molecular weight excluding hydrogens is 146 g/mol. The summed E-state index contributed by atoms with van der Waals surface area (Å²) in [4.78, 5) is 1.25. The first-order chi connectivity index (χ1) is 4.79. The Bertz CT molecular complexity index is 246. The van der Waals surface area contributed by atoms with E-state index < -0.39 is 0 Å². The van der Waals surface area contributed by atoms with Crippen LogP contribution in [0.15, 0.2) is 11.4 Å². The molecule has 3 heteroatoms. The molecule has 2 nitrogen and oxygen atoms in total.